The zero-order chi connectivity index (χ0) is 21.3. The minimum Gasteiger partial charge on any atom is -0.508 e. The molecule has 162 valence electrons. The lowest BCUT2D eigenvalue weighted by atomic mass is 10.2. The summed E-state index contributed by atoms with van der Waals surface area (Å²) in [6, 6.07) is 6.02. The van der Waals surface area contributed by atoms with Gasteiger partial charge < -0.3 is 21.1 Å². The molecule has 1 heterocycles. The molecule has 29 heavy (non-hydrogen) atoms. The number of phenolic OH excluding ortho intramolecular Hbond substituents is 1. The van der Waals surface area contributed by atoms with Gasteiger partial charge in [0.1, 0.15) is 5.75 Å². The minimum atomic E-state index is -4.18. The predicted molar refractivity (Wildman–Crippen MR) is 105 cm³/mol. The molecule has 1 unspecified atom stereocenters. The molecule has 0 spiro atoms. The van der Waals surface area contributed by atoms with Crippen molar-refractivity contribution in [3.05, 3.63) is 29.8 Å². The van der Waals surface area contributed by atoms with Crippen LogP contribution in [0.15, 0.2) is 29.3 Å². The van der Waals surface area contributed by atoms with Gasteiger partial charge >= 0.3 is 6.18 Å². The molecule has 0 aromatic heterocycles. The Morgan fingerprint density at radius 1 is 1.34 bits per heavy atom. The monoisotopic (exact) mass is 415 g/mol. The highest BCUT2D eigenvalue weighted by atomic mass is 19.4. The number of nitrogens with zero attached hydrogens (tertiary/aromatic N) is 2. The van der Waals surface area contributed by atoms with Crippen molar-refractivity contribution in [2.45, 2.75) is 32.0 Å². The molecule has 1 amide bonds. The fraction of sp³-hybridized carbons (Fsp3) is 0.579. The first-order valence-electron chi connectivity index (χ1n) is 9.68. The second kappa shape index (κ2) is 10.9. The number of amides is 1. The molecular formula is C19H28F3N5O2. The lowest BCUT2D eigenvalue weighted by Crippen LogP contribution is -2.45. The van der Waals surface area contributed by atoms with Crippen molar-refractivity contribution in [1.82, 2.24) is 20.9 Å². The highest BCUT2D eigenvalue weighted by Crippen LogP contribution is 2.19. The van der Waals surface area contributed by atoms with Crippen molar-refractivity contribution in [1.29, 1.82) is 0 Å². The summed E-state index contributed by atoms with van der Waals surface area (Å²) in [7, 11) is 0. The molecule has 1 saturated heterocycles. The average molecular weight is 415 g/mol. The molecule has 0 saturated carbocycles. The molecule has 1 aromatic carbocycles. The van der Waals surface area contributed by atoms with Gasteiger partial charge in [-0.3, -0.25) is 14.7 Å². The molecule has 1 aliphatic heterocycles. The third-order valence-electron chi connectivity index (χ3n) is 4.36. The maximum atomic E-state index is 12.5. The van der Waals surface area contributed by atoms with E-state index in [4.69, 9.17) is 0 Å². The summed E-state index contributed by atoms with van der Waals surface area (Å²) in [6.07, 6.45) is -2.96. The Morgan fingerprint density at radius 2 is 2.14 bits per heavy atom. The van der Waals surface area contributed by atoms with E-state index in [1.165, 1.54) is 17.0 Å². The van der Waals surface area contributed by atoms with Crippen molar-refractivity contribution in [2.24, 2.45) is 4.99 Å². The molecule has 10 heteroatoms. The van der Waals surface area contributed by atoms with E-state index in [1.807, 2.05) is 6.92 Å². The molecule has 0 radical (unpaired) electrons. The number of likely N-dealkylation sites (tertiary alicyclic amines) is 1. The normalized spacial score (nSPS) is 17.9. The summed E-state index contributed by atoms with van der Waals surface area (Å²) < 4.78 is 37.5. The van der Waals surface area contributed by atoms with Gasteiger partial charge in [-0.25, -0.2) is 0 Å². The van der Waals surface area contributed by atoms with Crippen LogP contribution < -0.4 is 16.0 Å². The zero-order valence-corrected chi connectivity index (χ0v) is 16.4. The first kappa shape index (κ1) is 22.8. The number of benzene rings is 1. The van der Waals surface area contributed by atoms with Crippen LogP contribution in [0.2, 0.25) is 0 Å². The summed E-state index contributed by atoms with van der Waals surface area (Å²) in [4.78, 5) is 17.8. The average Bonchev–Trinajstić information content (AvgIpc) is 3.06. The second-order valence-corrected chi connectivity index (χ2v) is 6.90. The number of carbonyl (C=O) groups excluding carboxylic acids is 1. The summed E-state index contributed by atoms with van der Waals surface area (Å²) in [5.41, 5.74) is 0.383. The highest BCUT2D eigenvalue weighted by molar-refractivity contribution is 5.94. The number of carbonyl (C=O) groups is 1. The van der Waals surface area contributed by atoms with Gasteiger partial charge in [0.05, 0.1) is 6.54 Å². The third kappa shape index (κ3) is 8.59. The molecule has 1 atom stereocenters. The molecule has 7 nitrogen and oxygen atoms in total. The number of rotatable bonds is 8. The maximum absolute atomic E-state index is 12.5. The van der Waals surface area contributed by atoms with E-state index >= 15 is 0 Å². The fourth-order valence-electron chi connectivity index (χ4n) is 3.08. The van der Waals surface area contributed by atoms with Crippen LogP contribution in [0.4, 0.5) is 13.2 Å². The maximum Gasteiger partial charge on any atom is 0.401 e. The van der Waals surface area contributed by atoms with Crippen molar-refractivity contribution < 1.29 is 23.1 Å². The highest BCUT2D eigenvalue weighted by Gasteiger charge is 2.34. The molecule has 0 aliphatic carbocycles. The minimum absolute atomic E-state index is 0.0318. The molecule has 2 rings (SSSR count). The number of halogens is 3. The number of hydrogen-bond donors (Lipinski definition) is 4. The van der Waals surface area contributed by atoms with E-state index in [0.717, 1.165) is 0 Å². The summed E-state index contributed by atoms with van der Waals surface area (Å²) in [5.74, 6) is 0.320. The lowest BCUT2D eigenvalue weighted by molar-refractivity contribution is -0.143. The Morgan fingerprint density at radius 3 is 2.83 bits per heavy atom. The Kier molecular flexibility index (Phi) is 8.56. The van der Waals surface area contributed by atoms with Gasteiger partial charge in [-0.15, -0.1) is 0 Å². The van der Waals surface area contributed by atoms with Crippen molar-refractivity contribution in [2.75, 3.05) is 39.3 Å². The Hall–Kier alpha value is -2.49. The van der Waals surface area contributed by atoms with Gasteiger partial charge in [-0.2, -0.15) is 13.2 Å². The van der Waals surface area contributed by atoms with E-state index in [0.29, 0.717) is 57.1 Å². The van der Waals surface area contributed by atoms with E-state index in [2.05, 4.69) is 20.9 Å². The van der Waals surface area contributed by atoms with Crippen molar-refractivity contribution in [3.8, 4) is 5.75 Å². The first-order valence-corrected chi connectivity index (χ1v) is 9.68. The standard InChI is InChI=1S/C19H28F3N5O2/c1-2-23-18(26-15-7-10-27(12-15)13-19(20,21)22)25-9-4-8-24-17(29)14-5-3-6-16(28)11-14/h3,5-6,11,15,28H,2,4,7-10,12-13H2,1H3,(H,24,29)(H2,23,25,26). The van der Waals surface area contributed by atoms with Crippen LogP contribution >= 0.6 is 0 Å². The summed E-state index contributed by atoms with van der Waals surface area (Å²) in [6.45, 7) is 3.25. The van der Waals surface area contributed by atoms with Gasteiger partial charge in [0.25, 0.3) is 5.91 Å². The first-order chi connectivity index (χ1) is 13.8. The van der Waals surface area contributed by atoms with E-state index in [9.17, 15) is 23.1 Å². The predicted octanol–water partition coefficient (Wildman–Crippen LogP) is 1.70. The number of nitrogens with one attached hydrogen (secondary N) is 3. The van der Waals surface area contributed by atoms with Gasteiger partial charge in [-0.1, -0.05) is 6.07 Å². The van der Waals surface area contributed by atoms with Gasteiger partial charge in [0.2, 0.25) is 0 Å². The fourth-order valence-corrected chi connectivity index (χ4v) is 3.08. The molecule has 1 aromatic rings. The molecule has 4 N–H and O–H groups in total. The van der Waals surface area contributed by atoms with E-state index in [1.54, 1.807) is 12.1 Å². The van der Waals surface area contributed by atoms with Crippen LogP contribution in [0.1, 0.15) is 30.1 Å². The number of hydrogen-bond acceptors (Lipinski definition) is 4. The Bertz CT molecular complexity index is 697. The molecular weight excluding hydrogens is 387 g/mol. The van der Waals surface area contributed by atoms with Crippen LogP contribution in [0.25, 0.3) is 0 Å². The summed E-state index contributed by atoms with van der Waals surface area (Å²) in [5, 5.41) is 18.4. The van der Waals surface area contributed by atoms with E-state index in [-0.39, 0.29) is 17.7 Å². The zero-order valence-electron chi connectivity index (χ0n) is 16.4. The van der Waals surface area contributed by atoms with Crippen LogP contribution in [-0.2, 0) is 0 Å². The van der Waals surface area contributed by atoms with Gasteiger partial charge in [-0.05, 0) is 38.0 Å². The van der Waals surface area contributed by atoms with Crippen molar-refractivity contribution >= 4 is 11.9 Å². The Labute approximate surface area is 168 Å². The van der Waals surface area contributed by atoms with Gasteiger partial charge in [0.15, 0.2) is 5.96 Å². The van der Waals surface area contributed by atoms with Crippen molar-refractivity contribution in [3.63, 3.8) is 0 Å². The number of aliphatic imine (C=N–C) groups is 1. The third-order valence-corrected chi connectivity index (χ3v) is 4.36. The Balaban J connectivity index is 1.73. The largest absolute Gasteiger partial charge is 0.508 e. The topological polar surface area (TPSA) is 89.0 Å². The lowest BCUT2D eigenvalue weighted by Gasteiger charge is -2.19. The SMILES string of the molecule is CCNC(=NCCCNC(=O)c1cccc(O)c1)NC1CCN(CC(F)(F)F)C1. The molecule has 0 bridgehead atoms. The number of alkyl halides is 3. The van der Waals surface area contributed by atoms with Crippen LogP contribution in [0.5, 0.6) is 5.75 Å². The van der Waals surface area contributed by atoms with Gasteiger partial charge in [0, 0.05) is 44.3 Å². The summed E-state index contributed by atoms with van der Waals surface area (Å²) >= 11 is 0. The quantitative estimate of drug-likeness (QED) is 0.295. The molecule has 1 aliphatic rings. The molecule has 1 fully saturated rings. The smallest absolute Gasteiger partial charge is 0.401 e. The van der Waals surface area contributed by atoms with Crippen LogP contribution in [0.3, 0.4) is 0 Å². The van der Waals surface area contributed by atoms with Crippen LogP contribution in [-0.4, -0.2) is 73.4 Å². The number of aromatic hydroxyl groups is 1. The number of phenols is 1. The number of guanidine groups is 1. The second-order valence-electron chi connectivity index (χ2n) is 6.90. The van der Waals surface area contributed by atoms with E-state index < -0.39 is 12.7 Å². The van der Waals surface area contributed by atoms with Crippen LogP contribution in [0, 0.1) is 0 Å².